The van der Waals surface area contributed by atoms with Crippen LogP contribution in [-0.2, 0) is 14.3 Å². The molecule has 0 bridgehead atoms. The Hall–Kier alpha value is -1.66. The maximum atomic E-state index is 12.6. The first-order chi connectivity index (χ1) is 38.0. The molecule has 0 fully saturated rings. The zero-order valence-electron chi connectivity index (χ0n) is 52.2. The molecule has 3 N–H and O–H groups in total. The van der Waals surface area contributed by atoms with Crippen molar-refractivity contribution in [3.8, 4) is 0 Å². The van der Waals surface area contributed by atoms with Crippen LogP contribution in [-0.4, -0.2) is 47.4 Å². The van der Waals surface area contributed by atoms with Gasteiger partial charge < -0.3 is 20.3 Å². The zero-order chi connectivity index (χ0) is 55.7. The molecule has 2 unspecified atom stereocenters. The van der Waals surface area contributed by atoms with Crippen molar-refractivity contribution < 1.29 is 24.5 Å². The minimum absolute atomic E-state index is 0.000823. The van der Waals surface area contributed by atoms with Gasteiger partial charge in [-0.25, -0.2) is 0 Å². The molecule has 0 aliphatic heterocycles. The van der Waals surface area contributed by atoms with Gasteiger partial charge >= 0.3 is 5.97 Å². The van der Waals surface area contributed by atoms with E-state index < -0.39 is 12.1 Å². The molecule has 0 saturated heterocycles. The molecular formula is C71H137NO5. The highest BCUT2D eigenvalue weighted by atomic mass is 16.5. The van der Waals surface area contributed by atoms with Crippen molar-refractivity contribution in [3.05, 3.63) is 24.3 Å². The van der Waals surface area contributed by atoms with Crippen molar-refractivity contribution >= 4 is 11.9 Å². The number of nitrogens with one attached hydrogen (secondary N) is 1. The molecule has 0 heterocycles. The first kappa shape index (κ1) is 75.3. The van der Waals surface area contributed by atoms with Crippen molar-refractivity contribution in [1.82, 2.24) is 5.32 Å². The van der Waals surface area contributed by atoms with Crippen molar-refractivity contribution in [2.75, 3.05) is 13.2 Å². The first-order valence-corrected chi connectivity index (χ1v) is 35.1. The van der Waals surface area contributed by atoms with Crippen LogP contribution in [0.15, 0.2) is 24.3 Å². The van der Waals surface area contributed by atoms with E-state index in [1.54, 1.807) is 0 Å². The number of rotatable bonds is 66. The molecule has 1 amide bonds. The van der Waals surface area contributed by atoms with Gasteiger partial charge in [0.1, 0.15) is 0 Å². The van der Waals surface area contributed by atoms with Crippen molar-refractivity contribution in [2.24, 2.45) is 0 Å². The van der Waals surface area contributed by atoms with Crippen LogP contribution >= 0.6 is 0 Å². The second-order valence-corrected chi connectivity index (χ2v) is 24.2. The predicted molar refractivity (Wildman–Crippen MR) is 338 cm³/mol. The number of carbonyl (C=O) groups is 2. The summed E-state index contributed by atoms with van der Waals surface area (Å²) in [7, 11) is 0. The highest BCUT2D eigenvalue weighted by Gasteiger charge is 2.20. The Balaban J connectivity index is 3.40. The molecule has 0 radical (unpaired) electrons. The molecule has 0 aliphatic rings. The maximum absolute atomic E-state index is 12.6. The number of aliphatic hydroxyl groups is 2. The molecule has 6 heteroatoms. The van der Waals surface area contributed by atoms with Crippen molar-refractivity contribution in [2.45, 2.75) is 405 Å². The fraction of sp³-hybridized carbons (Fsp3) is 0.915. The number of hydrogen-bond donors (Lipinski definition) is 3. The molecule has 0 aromatic rings. The summed E-state index contributed by atoms with van der Waals surface area (Å²) in [4.78, 5) is 24.7. The van der Waals surface area contributed by atoms with E-state index in [1.807, 2.05) is 0 Å². The fourth-order valence-electron chi connectivity index (χ4n) is 11.1. The molecule has 6 nitrogen and oxygen atoms in total. The largest absolute Gasteiger partial charge is 0.466 e. The number of esters is 1. The third kappa shape index (κ3) is 63.4. The summed E-state index contributed by atoms with van der Waals surface area (Å²) >= 11 is 0. The number of amides is 1. The first-order valence-electron chi connectivity index (χ1n) is 35.1. The molecule has 0 aromatic carbocycles. The standard InChI is InChI=1S/C71H137NO5/c1-3-5-7-9-11-13-15-17-19-21-22-23-24-25-26-27-28-32-35-39-43-47-51-55-59-63-69(74)68(67-73)72-70(75)64-60-56-52-48-44-40-36-33-29-30-34-38-42-46-50-54-58-62-66-77-71(76)65-61-57-53-49-45-41-37-31-20-18-16-14-12-10-8-6-4-2/h12,14,18,20,68-69,73-74H,3-11,13,15-17,19,21-67H2,1-2H3,(H,72,75)/b14-12-,20-18-. The van der Waals surface area contributed by atoms with Gasteiger partial charge in [-0.2, -0.15) is 0 Å². The number of unbranched alkanes of at least 4 members (excludes halogenated alkanes) is 51. The zero-order valence-corrected chi connectivity index (χ0v) is 52.2. The van der Waals surface area contributed by atoms with Gasteiger partial charge in [0.25, 0.3) is 0 Å². The van der Waals surface area contributed by atoms with Crippen molar-refractivity contribution in [3.63, 3.8) is 0 Å². The lowest BCUT2D eigenvalue weighted by atomic mass is 10.0. The highest BCUT2D eigenvalue weighted by Crippen LogP contribution is 2.19. The van der Waals surface area contributed by atoms with Gasteiger partial charge in [-0.05, 0) is 57.8 Å². The molecule has 0 aliphatic carbocycles. The van der Waals surface area contributed by atoms with Gasteiger partial charge in [-0.3, -0.25) is 9.59 Å². The number of allylic oxidation sites excluding steroid dienone is 4. The van der Waals surface area contributed by atoms with Crippen LogP contribution in [0.1, 0.15) is 393 Å². The smallest absolute Gasteiger partial charge is 0.305 e. The van der Waals surface area contributed by atoms with Crippen LogP contribution in [0.2, 0.25) is 0 Å². The summed E-state index contributed by atoms with van der Waals surface area (Å²) < 4.78 is 5.49. The summed E-state index contributed by atoms with van der Waals surface area (Å²) in [5.41, 5.74) is 0. The number of ether oxygens (including phenoxy) is 1. The molecule has 77 heavy (non-hydrogen) atoms. The summed E-state index contributed by atoms with van der Waals surface area (Å²) in [5, 5.41) is 23.4. The van der Waals surface area contributed by atoms with E-state index in [2.05, 4.69) is 43.5 Å². The minimum atomic E-state index is -0.669. The molecule has 0 aromatic heterocycles. The average molecular weight is 1080 g/mol. The maximum Gasteiger partial charge on any atom is 0.305 e. The average Bonchev–Trinajstić information content (AvgIpc) is 3.43. The van der Waals surface area contributed by atoms with E-state index in [1.165, 1.54) is 308 Å². The van der Waals surface area contributed by atoms with E-state index in [4.69, 9.17) is 4.74 Å². The lowest BCUT2D eigenvalue weighted by Gasteiger charge is -2.22. The third-order valence-electron chi connectivity index (χ3n) is 16.5. The van der Waals surface area contributed by atoms with Gasteiger partial charge in [0.2, 0.25) is 5.91 Å². The van der Waals surface area contributed by atoms with Crippen molar-refractivity contribution in [1.29, 1.82) is 0 Å². The molecule has 0 rings (SSSR count). The Bertz CT molecular complexity index is 1200. The molecule has 0 spiro atoms. The highest BCUT2D eigenvalue weighted by molar-refractivity contribution is 5.76. The Morgan fingerprint density at radius 2 is 0.649 bits per heavy atom. The summed E-state index contributed by atoms with van der Waals surface area (Å²) in [6.07, 6.45) is 83.5. The van der Waals surface area contributed by atoms with E-state index >= 15 is 0 Å². The molecule has 456 valence electrons. The quantitative estimate of drug-likeness (QED) is 0.0320. The van der Waals surface area contributed by atoms with Gasteiger partial charge in [-0.1, -0.05) is 346 Å². The minimum Gasteiger partial charge on any atom is -0.466 e. The normalized spacial score (nSPS) is 12.6. The molecule has 0 saturated carbocycles. The number of carbonyl (C=O) groups excluding carboxylic acids is 2. The van der Waals surface area contributed by atoms with E-state index in [-0.39, 0.29) is 18.5 Å². The van der Waals surface area contributed by atoms with E-state index in [9.17, 15) is 19.8 Å². The van der Waals surface area contributed by atoms with Gasteiger partial charge in [0.05, 0.1) is 25.4 Å². The number of hydrogen-bond acceptors (Lipinski definition) is 5. The summed E-state index contributed by atoms with van der Waals surface area (Å²) in [6, 6.07) is -0.546. The SMILES string of the molecule is CCCCC/C=C\C/C=C\CCCCCCCCCC(=O)OCCCCCCCCCCCCCCCCCCCCC(=O)NC(CO)C(O)CCCCCCCCCCCCCCCCCCCCCCCCCCC. The Morgan fingerprint density at radius 1 is 0.364 bits per heavy atom. The second kappa shape index (κ2) is 66.8. The third-order valence-corrected chi connectivity index (χ3v) is 16.5. The monoisotopic (exact) mass is 1080 g/mol. The lowest BCUT2D eigenvalue weighted by Crippen LogP contribution is -2.45. The van der Waals surface area contributed by atoms with Crippen LogP contribution in [0.25, 0.3) is 0 Å². The summed E-state index contributed by atoms with van der Waals surface area (Å²) in [5.74, 6) is -0.0335. The molecule has 2 atom stereocenters. The van der Waals surface area contributed by atoms with E-state index in [0.717, 1.165) is 51.4 Å². The number of aliphatic hydroxyl groups excluding tert-OH is 2. The Kier molecular flexibility index (Phi) is 65.4. The van der Waals surface area contributed by atoms with Gasteiger partial charge in [0.15, 0.2) is 0 Å². The van der Waals surface area contributed by atoms with Gasteiger partial charge in [-0.15, -0.1) is 0 Å². The predicted octanol–water partition coefficient (Wildman–Crippen LogP) is 22.5. The fourth-order valence-corrected chi connectivity index (χ4v) is 11.1. The van der Waals surface area contributed by atoms with Gasteiger partial charge in [0, 0.05) is 12.8 Å². The Morgan fingerprint density at radius 3 is 1.01 bits per heavy atom. The molecular weight excluding hydrogens is 947 g/mol. The second-order valence-electron chi connectivity index (χ2n) is 24.2. The topological polar surface area (TPSA) is 95.9 Å². The van der Waals surface area contributed by atoms with Crippen LogP contribution in [0, 0.1) is 0 Å². The lowest BCUT2D eigenvalue weighted by molar-refractivity contribution is -0.143. The van der Waals surface area contributed by atoms with Crippen LogP contribution in [0.4, 0.5) is 0 Å². The van der Waals surface area contributed by atoms with E-state index in [0.29, 0.717) is 25.9 Å². The van der Waals surface area contributed by atoms with Crippen LogP contribution in [0.5, 0.6) is 0 Å². The van der Waals surface area contributed by atoms with Crippen LogP contribution < -0.4 is 5.32 Å². The summed E-state index contributed by atoms with van der Waals surface area (Å²) in [6.45, 7) is 4.95. The van der Waals surface area contributed by atoms with Crippen LogP contribution in [0.3, 0.4) is 0 Å². The Labute approximate surface area is 481 Å².